The van der Waals surface area contributed by atoms with E-state index in [0.29, 0.717) is 25.2 Å². The summed E-state index contributed by atoms with van der Waals surface area (Å²) in [7, 11) is 1.72. The summed E-state index contributed by atoms with van der Waals surface area (Å²) in [4.78, 5) is 11.1. The summed E-state index contributed by atoms with van der Waals surface area (Å²) in [5, 5.41) is 3.32. The molecule has 0 aromatic carbocycles. The van der Waals surface area contributed by atoms with Crippen molar-refractivity contribution in [3.05, 3.63) is 0 Å². The van der Waals surface area contributed by atoms with E-state index in [-0.39, 0.29) is 5.97 Å². The molecule has 14 heavy (non-hydrogen) atoms. The van der Waals surface area contributed by atoms with Gasteiger partial charge in [-0.2, -0.15) is 0 Å². The van der Waals surface area contributed by atoms with Gasteiger partial charge in [-0.1, -0.05) is 0 Å². The summed E-state index contributed by atoms with van der Waals surface area (Å²) in [5.41, 5.74) is 0. The van der Waals surface area contributed by atoms with Crippen LogP contribution in [0.2, 0.25) is 0 Å². The summed E-state index contributed by atoms with van der Waals surface area (Å²) in [6.07, 6.45) is 2.65. The molecule has 0 unspecified atom stereocenters. The lowest BCUT2D eigenvalue weighted by Gasteiger charge is -2.09. The van der Waals surface area contributed by atoms with Crippen molar-refractivity contribution in [3.63, 3.8) is 0 Å². The fourth-order valence-electron chi connectivity index (χ4n) is 1.71. The molecule has 0 aliphatic carbocycles. The van der Waals surface area contributed by atoms with E-state index in [0.717, 1.165) is 19.4 Å². The van der Waals surface area contributed by atoms with Gasteiger partial charge in [-0.3, -0.25) is 4.79 Å². The van der Waals surface area contributed by atoms with Crippen molar-refractivity contribution < 1.29 is 14.3 Å². The Kier molecular flexibility index (Phi) is 4.90. The summed E-state index contributed by atoms with van der Waals surface area (Å²) in [5.74, 6) is -0.102. The Hall–Kier alpha value is -0.610. The molecule has 1 heterocycles. The number of carbonyl (C=O) groups excluding carboxylic acids is 1. The quantitative estimate of drug-likeness (QED) is 0.665. The number of hydrogen-bond donors (Lipinski definition) is 1. The Bertz CT molecular complexity index is 184. The third-order valence-corrected chi connectivity index (χ3v) is 2.52. The smallest absolute Gasteiger partial charge is 0.305 e. The normalized spacial score (nSPS) is 26.4. The van der Waals surface area contributed by atoms with Crippen molar-refractivity contribution in [2.45, 2.75) is 38.3 Å². The SMILES string of the molecule is CCOC(=O)CC[C@@H]1C[C@H](OC)CN1. The Balaban J connectivity index is 2.11. The maximum atomic E-state index is 11.1. The second-order valence-corrected chi connectivity index (χ2v) is 3.54. The van der Waals surface area contributed by atoms with Crippen LogP contribution >= 0.6 is 0 Å². The molecule has 0 amide bonds. The van der Waals surface area contributed by atoms with Crippen molar-refractivity contribution in [1.29, 1.82) is 0 Å². The van der Waals surface area contributed by atoms with E-state index in [2.05, 4.69) is 5.32 Å². The number of carbonyl (C=O) groups is 1. The first-order valence-corrected chi connectivity index (χ1v) is 5.18. The Morgan fingerprint density at radius 2 is 2.36 bits per heavy atom. The van der Waals surface area contributed by atoms with Gasteiger partial charge in [-0.05, 0) is 19.8 Å². The Morgan fingerprint density at radius 3 is 2.93 bits per heavy atom. The second kappa shape index (κ2) is 5.98. The maximum absolute atomic E-state index is 11.1. The average Bonchev–Trinajstić information content (AvgIpc) is 2.63. The summed E-state index contributed by atoms with van der Waals surface area (Å²) >= 11 is 0. The first-order chi connectivity index (χ1) is 6.76. The van der Waals surface area contributed by atoms with Crippen molar-refractivity contribution in [3.8, 4) is 0 Å². The molecule has 1 saturated heterocycles. The summed E-state index contributed by atoms with van der Waals surface area (Å²) in [6, 6.07) is 0.407. The summed E-state index contributed by atoms with van der Waals surface area (Å²) < 4.78 is 10.1. The van der Waals surface area contributed by atoms with E-state index in [1.165, 1.54) is 0 Å². The lowest BCUT2D eigenvalue weighted by atomic mass is 10.1. The highest BCUT2D eigenvalue weighted by atomic mass is 16.5. The monoisotopic (exact) mass is 201 g/mol. The summed E-state index contributed by atoms with van der Waals surface area (Å²) in [6.45, 7) is 3.19. The predicted molar refractivity (Wildman–Crippen MR) is 53.1 cm³/mol. The fraction of sp³-hybridized carbons (Fsp3) is 0.900. The van der Waals surface area contributed by atoms with Crippen LogP contribution in [0.1, 0.15) is 26.2 Å². The largest absolute Gasteiger partial charge is 0.466 e. The van der Waals surface area contributed by atoms with Gasteiger partial charge in [-0.25, -0.2) is 0 Å². The molecule has 1 aliphatic rings. The van der Waals surface area contributed by atoms with Gasteiger partial charge in [0.05, 0.1) is 12.7 Å². The molecule has 1 fully saturated rings. The fourth-order valence-corrected chi connectivity index (χ4v) is 1.71. The molecule has 1 N–H and O–H groups in total. The predicted octanol–water partition coefficient (Wildman–Crippen LogP) is 0.707. The van der Waals surface area contributed by atoms with Gasteiger partial charge in [0, 0.05) is 26.1 Å². The molecular weight excluding hydrogens is 182 g/mol. The van der Waals surface area contributed by atoms with Crippen molar-refractivity contribution in [2.24, 2.45) is 0 Å². The number of hydrogen-bond acceptors (Lipinski definition) is 4. The molecule has 0 bridgehead atoms. The minimum atomic E-state index is -0.102. The van der Waals surface area contributed by atoms with Crippen LogP contribution in [-0.2, 0) is 14.3 Å². The van der Waals surface area contributed by atoms with Gasteiger partial charge in [0.15, 0.2) is 0 Å². The zero-order valence-corrected chi connectivity index (χ0v) is 8.91. The third kappa shape index (κ3) is 3.64. The van der Waals surface area contributed by atoms with Gasteiger partial charge < -0.3 is 14.8 Å². The van der Waals surface area contributed by atoms with E-state index in [1.807, 2.05) is 6.92 Å². The topological polar surface area (TPSA) is 47.6 Å². The average molecular weight is 201 g/mol. The van der Waals surface area contributed by atoms with Crippen LogP contribution in [0.25, 0.3) is 0 Å². The molecule has 2 atom stereocenters. The van der Waals surface area contributed by atoms with Crippen LogP contribution in [0.4, 0.5) is 0 Å². The highest BCUT2D eigenvalue weighted by Crippen LogP contribution is 2.14. The number of methoxy groups -OCH3 is 1. The first-order valence-electron chi connectivity index (χ1n) is 5.18. The van der Waals surface area contributed by atoms with Crippen LogP contribution in [0.5, 0.6) is 0 Å². The number of rotatable bonds is 5. The molecule has 1 rings (SSSR count). The highest BCUT2D eigenvalue weighted by Gasteiger charge is 2.23. The number of esters is 1. The van der Waals surface area contributed by atoms with E-state index < -0.39 is 0 Å². The van der Waals surface area contributed by atoms with E-state index >= 15 is 0 Å². The lowest BCUT2D eigenvalue weighted by molar-refractivity contribution is -0.143. The minimum Gasteiger partial charge on any atom is -0.466 e. The standard InChI is InChI=1S/C10H19NO3/c1-3-14-10(12)5-4-8-6-9(13-2)7-11-8/h8-9,11H,3-7H2,1-2H3/t8-,9+/m1/s1. The van der Waals surface area contributed by atoms with Gasteiger partial charge in [-0.15, -0.1) is 0 Å². The molecule has 0 aromatic rings. The van der Waals surface area contributed by atoms with Crippen LogP contribution in [0.15, 0.2) is 0 Å². The van der Waals surface area contributed by atoms with Crippen LogP contribution in [-0.4, -0.2) is 38.4 Å². The third-order valence-electron chi connectivity index (χ3n) is 2.52. The molecule has 0 aromatic heterocycles. The van der Waals surface area contributed by atoms with Crippen LogP contribution in [0, 0.1) is 0 Å². The maximum Gasteiger partial charge on any atom is 0.305 e. The number of nitrogens with one attached hydrogen (secondary N) is 1. The Labute approximate surface area is 85.0 Å². The molecular formula is C10H19NO3. The lowest BCUT2D eigenvalue weighted by Crippen LogP contribution is -2.22. The van der Waals surface area contributed by atoms with Crippen molar-refractivity contribution >= 4 is 5.97 Å². The molecule has 4 nitrogen and oxygen atoms in total. The highest BCUT2D eigenvalue weighted by molar-refractivity contribution is 5.69. The second-order valence-electron chi connectivity index (χ2n) is 3.54. The molecule has 82 valence electrons. The zero-order valence-electron chi connectivity index (χ0n) is 8.91. The number of ether oxygens (including phenoxy) is 2. The van der Waals surface area contributed by atoms with E-state index in [1.54, 1.807) is 7.11 Å². The van der Waals surface area contributed by atoms with Gasteiger partial charge >= 0.3 is 5.97 Å². The molecule has 0 spiro atoms. The van der Waals surface area contributed by atoms with Gasteiger partial charge in [0.25, 0.3) is 0 Å². The van der Waals surface area contributed by atoms with Gasteiger partial charge in [0.1, 0.15) is 0 Å². The van der Waals surface area contributed by atoms with E-state index in [4.69, 9.17) is 9.47 Å². The minimum absolute atomic E-state index is 0.102. The Morgan fingerprint density at radius 1 is 1.57 bits per heavy atom. The van der Waals surface area contributed by atoms with E-state index in [9.17, 15) is 4.79 Å². The molecule has 1 aliphatic heterocycles. The van der Waals surface area contributed by atoms with Crippen LogP contribution in [0.3, 0.4) is 0 Å². The molecule has 0 saturated carbocycles. The first kappa shape index (κ1) is 11.5. The van der Waals surface area contributed by atoms with Gasteiger partial charge in [0.2, 0.25) is 0 Å². The molecule has 4 heteroatoms. The van der Waals surface area contributed by atoms with Crippen molar-refractivity contribution in [1.82, 2.24) is 5.32 Å². The zero-order chi connectivity index (χ0) is 10.4. The van der Waals surface area contributed by atoms with Crippen LogP contribution < -0.4 is 5.32 Å². The molecule has 0 radical (unpaired) electrons. The van der Waals surface area contributed by atoms with Crippen molar-refractivity contribution in [2.75, 3.05) is 20.3 Å².